The van der Waals surface area contributed by atoms with Crippen LogP contribution in [0.15, 0.2) is 10.6 Å². The van der Waals surface area contributed by atoms with Crippen molar-refractivity contribution >= 4 is 5.91 Å². The summed E-state index contributed by atoms with van der Waals surface area (Å²) in [5.74, 6) is 0.596. The fourth-order valence-electron chi connectivity index (χ4n) is 1.99. The second-order valence-corrected chi connectivity index (χ2v) is 4.81. The van der Waals surface area contributed by atoms with E-state index in [1.807, 2.05) is 0 Å². The summed E-state index contributed by atoms with van der Waals surface area (Å²) in [4.78, 5) is 13.8. The van der Waals surface area contributed by atoms with Crippen LogP contribution in [0.25, 0.3) is 0 Å². The first kappa shape index (κ1) is 11.1. The summed E-state index contributed by atoms with van der Waals surface area (Å²) in [6, 6.07) is 1.67. The summed E-state index contributed by atoms with van der Waals surface area (Å²) in [6.07, 6.45) is 0.950. The molecule has 1 aliphatic heterocycles. The molecule has 16 heavy (non-hydrogen) atoms. The third-order valence-electron chi connectivity index (χ3n) is 3.18. The molecule has 2 heterocycles. The van der Waals surface area contributed by atoms with Crippen molar-refractivity contribution in [3.63, 3.8) is 0 Å². The van der Waals surface area contributed by atoms with Crippen LogP contribution in [0, 0.1) is 12.3 Å². The maximum Gasteiger partial charge on any atom is 0.276 e. The van der Waals surface area contributed by atoms with Gasteiger partial charge in [-0.2, -0.15) is 0 Å². The number of nitrogens with zero attached hydrogens (tertiary/aromatic N) is 2. The number of carbonyl (C=O) groups excluding carboxylic acids is 1. The predicted molar refractivity (Wildman–Crippen MR) is 58.9 cm³/mol. The van der Waals surface area contributed by atoms with E-state index in [1.165, 1.54) is 0 Å². The van der Waals surface area contributed by atoms with Crippen molar-refractivity contribution in [1.82, 2.24) is 10.1 Å². The molecule has 2 N–H and O–H groups in total. The molecule has 5 heteroatoms. The van der Waals surface area contributed by atoms with E-state index in [0.717, 1.165) is 13.0 Å². The van der Waals surface area contributed by atoms with E-state index < -0.39 is 0 Å². The van der Waals surface area contributed by atoms with Crippen molar-refractivity contribution in [2.24, 2.45) is 11.1 Å². The maximum absolute atomic E-state index is 12.0. The van der Waals surface area contributed by atoms with Gasteiger partial charge in [0.25, 0.3) is 5.91 Å². The lowest BCUT2D eigenvalue weighted by atomic mass is 9.90. The van der Waals surface area contributed by atoms with E-state index in [2.05, 4.69) is 12.1 Å². The Morgan fingerprint density at radius 2 is 2.50 bits per heavy atom. The van der Waals surface area contributed by atoms with Crippen molar-refractivity contribution in [3.8, 4) is 0 Å². The molecule has 1 aromatic heterocycles. The second-order valence-electron chi connectivity index (χ2n) is 4.81. The van der Waals surface area contributed by atoms with Gasteiger partial charge in [-0.25, -0.2) is 0 Å². The lowest BCUT2D eigenvalue weighted by Gasteiger charge is -2.21. The Morgan fingerprint density at radius 3 is 3.00 bits per heavy atom. The van der Waals surface area contributed by atoms with Gasteiger partial charge in [-0.3, -0.25) is 4.79 Å². The van der Waals surface area contributed by atoms with Gasteiger partial charge in [-0.1, -0.05) is 12.1 Å². The Morgan fingerprint density at radius 1 is 1.75 bits per heavy atom. The summed E-state index contributed by atoms with van der Waals surface area (Å²) in [5.41, 5.74) is 6.14. The second kappa shape index (κ2) is 3.90. The molecule has 1 saturated heterocycles. The third-order valence-corrected chi connectivity index (χ3v) is 3.18. The molecule has 1 fully saturated rings. The summed E-state index contributed by atoms with van der Waals surface area (Å²) < 4.78 is 4.90. The van der Waals surface area contributed by atoms with Crippen LogP contribution in [0.4, 0.5) is 0 Å². The molecule has 0 aromatic carbocycles. The first-order chi connectivity index (χ1) is 7.54. The molecular formula is C11H17N3O2. The highest BCUT2D eigenvalue weighted by Crippen LogP contribution is 2.29. The van der Waals surface area contributed by atoms with Gasteiger partial charge in [-0.15, -0.1) is 0 Å². The molecule has 5 nitrogen and oxygen atoms in total. The van der Waals surface area contributed by atoms with Gasteiger partial charge >= 0.3 is 0 Å². The van der Waals surface area contributed by atoms with Gasteiger partial charge < -0.3 is 15.2 Å². The molecule has 1 aromatic rings. The number of hydrogen-bond acceptors (Lipinski definition) is 4. The van der Waals surface area contributed by atoms with E-state index in [1.54, 1.807) is 17.9 Å². The van der Waals surface area contributed by atoms with Gasteiger partial charge in [-0.05, 0) is 25.3 Å². The highest BCUT2D eigenvalue weighted by molar-refractivity contribution is 5.92. The summed E-state index contributed by atoms with van der Waals surface area (Å²) in [6.45, 7) is 5.94. The van der Waals surface area contributed by atoms with E-state index in [4.69, 9.17) is 10.3 Å². The fraction of sp³-hybridized carbons (Fsp3) is 0.636. The minimum absolute atomic E-state index is 0.0500. The molecule has 0 aliphatic carbocycles. The fourth-order valence-corrected chi connectivity index (χ4v) is 1.99. The normalized spacial score (nSPS) is 25.1. The van der Waals surface area contributed by atoms with Crippen LogP contribution in [-0.2, 0) is 0 Å². The summed E-state index contributed by atoms with van der Waals surface area (Å²) >= 11 is 0. The van der Waals surface area contributed by atoms with Crippen LogP contribution < -0.4 is 5.73 Å². The summed E-state index contributed by atoms with van der Waals surface area (Å²) in [5, 5.41) is 3.74. The average Bonchev–Trinajstić information content (AvgIpc) is 2.85. The molecule has 0 spiro atoms. The minimum Gasteiger partial charge on any atom is -0.361 e. The number of rotatable bonds is 2. The number of aryl methyl sites for hydroxylation is 1. The zero-order valence-corrected chi connectivity index (χ0v) is 9.69. The Labute approximate surface area is 94.6 Å². The average molecular weight is 223 g/mol. The molecular weight excluding hydrogens is 206 g/mol. The third kappa shape index (κ3) is 1.95. The van der Waals surface area contributed by atoms with Crippen molar-refractivity contribution in [1.29, 1.82) is 0 Å². The van der Waals surface area contributed by atoms with Crippen molar-refractivity contribution in [2.75, 3.05) is 19.6 Å². The minimum atomic E-state index is -0.0611. The SMILES string of the molecule is Cc1cc(C(=O)N2CCC(C)(CN)C2)no1. The van der Waals surface area contributed by atoms with E-state index in [9.17, 15) is 4.79 Å². The van der Waals surface area contributed by atoms with E-state index in [0.29, 0.717) is 24.5 Å². The van der Waals surface area contributed by atoms with Crippen LogP contribution >= 0.6 is 0 Å². The molecule has 0 bridgehead atoms. The van der Waals surface area contributed by atoms with Gasteiger partial charge in [0, 0.05) is 19.2 Å². The first-order valence-corrected chi connectivity index (χ1v) is 5.47. The maximum atomic E-state index is 12.0. The monoisotopic (exact) mass is 223 g/mol. The predicted octanol–water partition coefficient (Wildman–Crippen LogP) is 0.794. The molecule has 1 amide bonds. The molecule has 0 radical (unpaired) electrons. The van der Waals surface area contributed by atoms with E-state index >= 15 is 0 Å². The van der Waals surface area contributed by atoms with Crippen LogP contribution in [0.5, 0.6) is 0 Å². The number of amides is 1. The zero-order chi connectivity index (χ0) is 11.8. The van der Waals surface area contributed by atoms with Gasteiger partial charge in [0.15, 0.2) is 5.69 Å². The molecule has 1 atom stereocenters. The van der Waals surface area contributed by atoms with Crippen LogP contribution in [0.1, 0.15) is 29.6 Å². The van der Waals surface area contributed by atoms with Crippen molar-refractivity contribution in [2.45, 2.75) is 20.3 Å². The largest absolute Gasteiger partial charge is 0.361 e. The molecule has 88 valence electrons. The Hall–Kier alpha value is -1.36. The Balaban J connectivity index is 2.08. The van der Waals surface area contributed by atoms with Gasteiger partial charge in [0.05, 0.1) is 0 Å². The number of nitrogens with two attached hydrogens (primary N) is 1. The molecule has 2 rings (SSSR count). The quantitative estimate of drug-likeness (QED) is 0.804. The number of carbonyl (C=O) groups is 1. The summed E-state index contributed by atoms with van der Waals surface area (Å²) in [7, 11) is 0. The first-order valence-electron chi connectivity index (χ1n) is 5.47. The number of likely N-dealkylation sites (tertiary alicyclic amines) is 1. The van der Waals surface area contributed by atoms with Crippen molar-refractivity contribution in [3.05, 3.63) is 17.5 Å². The lowest BCUT2D eigenvalue weighted by molar-refractivity contribution is 0.0766. The number of hydrogen-bond donors (Lipinski definition) is 1. The topological polar surface area (TPSA) is 72.4 Å². The molecule has 0 saturated carbocycles. The van der Waals surface area contributed by atoms with Gasteiger partial charge in [0.2, 0.25) is 0 Å². The van der Waals surface area contributed by atoms with Gasteiger partial charge in [0.1, 0.15) is 5.76 Å². The van der Waals surface area contributed by atoms with Crippen LogP contribution in [0.2, 0.25) is 0 Å². The van der Waals surface area contributed by atoms with E-state index in [-0.39, 0.29) is 11.3 Å². The van der Waals surface area contributed by atoms with Crippen LogP contribution in [-0.4, -0.2) is 35.6 Å². The van der Waals surface area contributed by atoms with Crippen LogP contribution in [0.3, 0.4) is 0 Å². The molecule has 1 unspecified atom stereocenters. The Kier molecular flexibility index (Phi) is 2.71. The Bertz CT molecular complexity index is 402. The molecule has 1 aliphatic rings. The highest BCUT2D eigenvalue weighted by Gasteiger charge is 2.35. The van der Waals surface area contributed by atoms with Crippen molar-refractivity contribution < 1.29 is 9.32 Å². The zero-order valence-electron chi connectivity index (χ0n) is 9.69. The number of aromatic nitrogens is 1. The standard InChI is InChI=1S/C11H17N3O2/c1-8-5-9(13-16-8)10(15)14-4-3-11(2,6-12)7-14/h5H,3-4,6-7,12H2,1-2H3. The lowest BCUT2D eigenvalue weighted by Crippen LogP contribution is -2.34. The highest BCUT2D eigenvalue weighted by atomic mass is 16.5. The smallest absolute Gasteiger partial charge is 0.276 e.